The lowest BCUT2D eigenvalue weighted by atomic mass is 9.44. The molecular formula is C34H49N5O4S. The molecule has 4 aliphatic rings. The van der Waals surface area contributed by atoms with Crippen molar-refractivity contribution >= 4 is 35.7 Å². The molecular weight excluding hydrogens is 574 g/mol. The number of aliphatic hydroxyl groups is 1. The molecule has 0 spiro atoms. The second kappa shape index (κ2) is 13.0. The summed E-state index contributed by atoms with van der Waals surface area (Å²) < 4.78 is 6.36. The summed E-state index contributed by atoms with van der Waals surface area (Å²) in [5.74, 6) is 0.432. The first-order valence-corrected chi connectivity index (χ1v) is 17.0. The molecule has 3 saturated carbocycles. The summed E-state index contributed by atoms with van der Waals surface area (Å²) in [5, 5.41) is 23.3. The van der Waals surface area contributed by atoms with Crippen LogP contribution in [0.2, 0.25) is 0 Å². The summed E-state index contributed by atoms with van der Waals surface area (Å²) in [4.78, 5) is 30.0. The van der Waals surface area contributed by atoms with Gasteiger partial charge < -0.3 is 25.8 Å². The third kappa shape index (κ3) is 5.97. The molecule has 5 rings (SSSR count). The first kappa shape index (κ1) is 32.7. The molecule has 1 aliphatic heterocycles. The Hall–Kier alpha value is -2.69. The predicted octanol–water partition coefficient (Wildman–Crippen LogP) is 4.24. The summed E-state index contributed by atoms with van der Waals surface area (Å²) in [6, 6.07) is 7.75. The van der Waals surface area contributed by atoms with Crippen LogP contribution in [-0.4, -0.2) is 78.1 Å². The minimum Gasteiger partial charge on any atom is -0.461 e. The average Bonchev–Trinajstić information content (AvgIpc) is 3.39. The predicted molar refractivity (Wildman–Crippen MR) is 175 cm³/mol. The first-order valence-electron chi connectivity index (χ1n) is 16.0. The number of rotatable bonds is 7. The van der Waals surface area contributed by atoms with Crippen LogP contribution in [0.4, 0.5) is 0 Å². The van der Waals surface area contributed by atoms with Crippen molar-refractivity contribution in [2.45, 2.75) is 76.9 Å². The van der Waals surface area contributed by atoms with Crippen LogP contribution in [0.5, 0.6) is 0 Å². The summed E-state index contributed by atoms with van der Waals surface area (Å²) in [5.41, 5.74) is 5.49. The van der Waals surface area contributed by atoms with Crippen molar-refractivity contribution in [3.8, 4) is 0 Å². The van der Waals surface area contributed by atoms with Gasteiger partial charge in [0.15, 0.2) is 0 Å². The lowest BCUT2D eigenvalue weighted by Gasteiger charge is -2.61. The zero-order valence-electron chi connectivity index (χ0n) is 26.6. The van der Waals surface area contributed by atoms with Crippen LogP contribution in [0.3, 0.4) is 0 Å². The maximum atomic E-state index is 13.6. The Bertz CT molecular complexity index is 1300. The second-order valence-electron chi connectivity index (χ2n) is 13.9. The number of Topliss-reactive ketones (excluding diaryl/α,β-unsaturated/α-hetero) is 1. The van der Waals surface area contributed by atoms with Crippen molar-refractivity contribution in [1.82, 2.24) is 10.2 Å². The molecule has 4 N–H and O–H groups in total. The van der Waals surface area contributed by atoms with E-state index < -0.39 is 23.0 Å². The molecule has 1 saturated heterocycles. The Morgan fingerprint density at radius 2 is 1.93 bits per heavy atom. The van der Waals surface area contributed by atoms with Gasteiger partial charge in [-0.2, -0.15) is 5.10 Å². The molecule has 2 bridgehead atoms. The number of ketones is 1. The van der Waals surface area contributed by atoms with E-state index in [0.29, 0.717) is 18.8 Å². The van der Waals surface area contributed by atoms with E-state index in [1.54, 1.807) is 6.21 Å². The number of esters is 1. The molecule has 44 heavy (non-hydrogen) atoms. The molecule has 9 nitrogen and oxygen atoms in total. The van der Waals surface area contributed by atoms with Gasteiger partial charge in [-0.1, -0.05) is 45.9 Å². The van der Waals surface area contributed by atoms with Gasteiger partial charge in [-0.15, -0.1) is 23.4 Å². The number of hydrogen-bond donors (Lipinski definition) is 3. The number of carbonyl (C=O) groups is 2. The SMILES string of the molecule is C=C[C@]1(C)C[C@@H](OC(=O)CSc2ccc(C=NN=C(N)N3CCNCC3)cc2)[C@]2(C)C(C)CCC3(CCC(=O)C32)[C@@H](C)[C@@H]1O. The lowest BCUT2D eigenvalue weighted by molar-refractivity contribution is -0.205. The first-order chi connectivity index (χ1) is 20.9. The minimum atomic E-state index is -0.673. The highest BCUT2D eigenvalue weighted by atomic mass is 32.2. The molecule has 0 amide bonds. The summed E-state index contributed by atoms with van der Waals surface area (Å²) in [6.45, 7) is 16.0. The Balaban J connectivity index is 1.27. The lowest BCUT2D eigenvalue weighted by Crippen LogP contribution is -2.63. The van der Waals surface area contributed by atoms with Crippen molar-refractivity contribution in [3.63, 3.8) is 0 Å². The van der Waals surface area contributed by atoms with Gasteiger partial charge in [-0.05, 0) is 60.6 Å². The van der Waals surface area contributed by atoms with E-state index in [2.05, 4.69) is 42.9 Å². The number of nitrogens with zero attached hydrogens (tertiary/aromatic N) is 3. The van der Waals surface area contributed by atoms with Crippen LogP contribution in [-0.2, 0) is 14.3 Å². The highest BCUT2D eigenvalue weighted by molar-refractivity contribution is 8.00. The van der Waals surface area contributed by atoms with Crippen molar-refractivity contribution in [2.24, 2.45) is 49.9 Å². The van der Waals surface area contributed by atoms with Crippen LogP contribution >= 0.6 is 11.8 Å². The van der Waals surface area contributed by atoms with Crippen molar-refractivity contribution < 1.29 is 19.4 Å². The third-order valence-corrected chi connectivity index (χ3v) is 12.6. The summed E-state index contributed by atoms with van der Waals surface area (Å²) in [6.07, 6.45) is 5.94. The Kier molecular flexibility index (Phi) is 9.64. The fourth-order valence-corrected chi connectivity index (χ4v) is 9.28. The van der Waals surface area contributed by atoms with E-state index in [4.69, 9.17) is 10.5 Å². The summed E-state index contributed by atoms with van der Waals surface area (Å²) >= 11 is 1.42. The van der Waals surface area contributed by atoms with Crippen LogP contribution in [0.25, 0.3) is 0 Å². The van der Waals surface area contributed by atoms with E-state index in [1.807, 2.05) is 42.2 Å². The molecule has 0 aromatic heterocycles. The van der Waals surface area contributed by atoms with Gasteiger partial charge in [0, 0.05) is 54.2 Å². The van der Waals surface area contributed by atoms with E-state index >= 15 is 0 Å². The molecule has 1 aromatic rings. The average molecular weight is 624 g/mol. The number of ether oxygens (including phenoxy) is 1. The third-order valence-electron chi connectivity index (χ3n) is 11.6. The normalized spacial score (nSPS) is 37.8. The van der Waals surface area contributed by atoms with Crippen LogP contribution < -0.4 is 11.1 Å². The molecule has 240 valence electrons. The van der Waals surface area contributed by atoms with Crippen molar-refractivity contribution in [1.29, 1.82) is 0 Å². The van der Waals surface area contributed by atoms with Gasteiger partial charge in [-0.25, -0.2) is 0 Å². The van der Waals surface area contributed by atoms with Crippen molar-refractivity contribution in [2.75, 3.05) is 31.9 Å². The maximum Gasteiger partial charge on any atom is 0.316 e. The Labute approximate surface area is 266 Å². The number of hydrogen-bond acceptors (Lipinski definition) is 8. The molecule has 1 aromatic carbocycles. The topological polar surface area (TPSA) is 130 Å². The van der Waals surface area contributed by atoms with Gasteiger partial charge in [0.05, 0.1) is 18.1 Å². The Morgan fingerprint density at radius 3 is 2.61 bits per heavy atom. The molecule has 0 radical (unpaired) electrons. The Morgan fingerprint density at radius 1 is 1.23 bits per heavy atom. The molecule has 10 heteroatoms. The van der Waals surface area contributed by atoms with E-state index in [0.717, 1.165) is 55.9 Å². The fourth-order valence-electron chi connectivity index (χ4n) is 8.60. The van der Waals surface area contributed by atoms with Crippen LogP contribution in [0.15, 0.2) is 52.0 Å². The monoisotopic (exact) mass is 623 g/mol. The zero-order valence-corrected chi connectivity index (χ0v) is 27.4. The van der Waals surface area contributed by atoms with Crippen LogP contribution in [0.1, 0.15) is 65.4 Å². The summed E-state index contributed by atoms with van der Waals surface area (Å²) in [7, 11) is 0. The van der Waals surface area contributed by atoms with Crippen LogP contribution in [0, 0.1) is 34.0 Å². The van der Waals surface area contributed by atoms with Crippen molar-refractivity contribution in [3.05, 3.63) is 42.5 Å². The molecule has 3 aliphatic carbocycles. The van der Waals surface area contributed by atoms with Gasteiger partial charge in [-0.3, -0.25) is 9.59 Å². The minimum absolute atomic E-state index is 0.0506. The molecule has 1 heterocycles. The second-order valence-corrected chi connectivity index (χ2v) is 14.9. The van der Waals surface area contributed by atoms with Gasteiger partial charge in [0.1, 0.15) is 11.9 Å². The van der Waals surface area contributed by atoms with E-state index in [-0.39, 0.29) is 40.7 Å². The number of carbonyl (C=O) groups excluding carboxylic acids is 2. The maximum absolute atomic E-state index is 13.6. The largest absolute Gasteiger partial charge is 0.461 e. The molecule has 3 unspecified atom stereocenters. The van der Waals surface area contributed by atoms with Gasteiger partial charge >= 0.3 is 5.97 Å². The zero-order chi connectivity index (χ0) is 31.7. The number of guanidine groups is 1. The number of benzene rings is 1. The quantitative estimate of drug-likeness (QED) is 0.103. The fraction of sp³-hybridized carbons (Fsp3) is 0.647. The number of thioether (sulfide) groups is 1. The van der Waals surface area contributed by atoms with Gasteiger partial charge in [0.2, 0.25) is 5.96 Å². The smallest absolute Gasteiger partial charge is 0.316 e. The molecule has 4 fully saturated rings. The highest BCUT2D eigenvalue weighted by Gasteiger charge is 2.68. The number of piperazine rings is 1. The number of aliphatic hydroxyl groups excluding tert-OH is 1. The number of nitrogens with one attached hydrogen (secondary N) is 1. The van der Waals surface area contributed by atoms with Gasteiger partial charge in [0.25, 0.3) is 0 Å². The van der Waals surface area contributed by atoms with E-state index in [9.17, 15) is 14.7 Å². The molecule has 8 atom stereocenters. The van der Waals surface area contributed by atoms with E-state index in [1.165, 1.54) is 11.8 Å². The number of nitrogens with two attached hydrogens (primary N) is 1. The highest BCUT2D eigenvalue weighted by Crippen LogP contribution is 2.68. The standard InChI is InChI=1S/C34H49N5O4S/c1-6-32(4)19-27(33(5)22(2)11-13-34(23(3)30(32)42)14-12-26(40)29(33)34)43-28(41)21-44-25-9-7-24(8-10-25)20-37-38-31(35)39-17-15-36-16-18-39/h6-10,20,22-23,27,29-30,36,42H,1,11-19,21H2,2-5H3,(H2,35,38)/t22?,23-,27+,29?,30-,32+,33-,34?/m0/s1.